The SMILES string of the molecule is CC1=CN(C)/C(=C(\C#N)c2nc(=O)c3ccccc3s2)C=C1. The van der Waals surface area contributed by atoms with E-state index >= 15 is 0 Å². The Morgan fingerprint density at radius 2 is 2.09 bits per heavy atom. The largest absolute Gasteiger partial charge is 0.350 e. The van der Waals surface area contributed by atoms with Gasteiger partial charge in [-0.05, 0) is 30.7 Å². The van der Waals surface area contributed by atoms with Gasteiger partial charge in [-0.1, -0.05) is 18.2 Å². The zero-order chi connectivity index (χ0) is 15.7. The molecule has 0 N–H and O–H groups in total. The van der Waals surface area contributed by atoms with Crippen molar-refractivity contribution in [3.63, 3.8) is 0 Å². The molecule has 0 atom stereocenters. The number of allylic oxidation sites excluding steroid dienone is 4. The van der Waals surface area contributed by atoms with Crippen molar-refractivity contribution in [1.82, 2.24) is 9.88 Å². The van der Waals surface area contributed by atoms with E-state index < -0.39 is 0 Å². The molecule has 2 aromatic rings. The number of fused-ring (bicyclic) bond motifs is 1. The maximum Gasteiger partial charge on any atom is 0.279 e. The number of benzene rings is 1. The van der Waals surface area contributed by atoms with Gasteiger partial charge in [-0.2, -0.15) is 10.2 Å². The third kappa shape index (κ3) is 2.45. The van der Waals surface area contributed by atoms with Gasteiger partial charge in [0.1, 0.15) is 16.6 Å². The molecule has 2 heterocycles. The molecule has 0 bridgehead atoms. The lowest BCUT2D eigenvalue weighted by Gasteiger charge is -2.21. The Balaban J connectivity index is 2.23. The van der Waals surface area contributed by atoms with Crippen LogP contribution in [0.5, 0.6) is 0 Å². The van der Waals surface area contributed by atoms with Gasteiger partial charge in [0.2, 0.25) is 0 Å². The topological polar surface area (TPSA) is 57.0 Å². The molecule has 1 aliphatic rings. The van der Waals surface area contributed by atoms with Gasteiger partial charge in [0, 0.05) is 17.9 Å². The molecule has 0 saturated carbocycles. The second-order valence-electron chi connectivity index (χ2n) is 5.01. The molecule has 1 aliphatic heterocycles. The van der Waals surface area contributed by atoms with E-state index in [1.54, 1.807) is 6.07 Å². The van der Waals surface area contributed by atoms with Gasteiger partial charge in [-0.15, -0.1) is 11.3 Å². The lowest BCUT2D eigenvalue weighted by molar-refractivity contribution is 0.581. The van der Waals surface area contributed by atoms with Crippen molar-refractivity contribution in [3.8, 4) is 6.07 Å². The van der Waals surface area contributed by atoms with Crippen molar-refractivity contribution in [2.24, 2.45) is 0 Å². The molecule has 22 heavy (non-hydrogen) atoms. The number of aromatic nitrogens is 1. The number of rotatable bonds is 1. The minimum absolute atomic E-state index is 0.299. The number of likely N-dealkylation sites (N-methyl/N-ethyl adjacent to an activating group) is 1. The Morgan fingerprint density at radius 3 is 2.82 bits per heavy atom. The molecule has 108 valence electrons. The van der Waals surface area contributed by atoms with E-state index in [0.717, 1.165) is 16.0 Å². The Labute approximate surface area is 132 Å². The summed E-state index contributed by atoms with van der Waals surface area (Å²) < 4.78 is 0.833. The van der Waals surface area contributed by atoms with Crippen LogP contribution in [0.3, 0.4) is 0 Å². The van der Waals surface area contributed by atoms with E-state index in [-0.39, 0.29) is 5.56 Å². The third-order valence-electron chi connectivity index (χ3n) is 3.39. The average Bonchev–Trinajstić information content (AvgIpc) is 2.50. The molecule has 0 saturated heterocycles. The molecular weight excluding hydrogens is 294 g/mol. The van der Waals surface area contributed by atoms with Gasteiger partial charge in [0.25, 0.3) is 5.56 Å². The Hall–Kier alpha value is -2.71. The van der Waals surface area contributed by atoms with Gasteiger partial charge in [0.05, 0.1) is 11.1 Å². The first-order valence-corrected chi connectivity index (χ1v) is 7.56. The predicted octanol–water partition coefficient (Wildman–Crippen LogP) is 3.30. The van der Waals surface area contributed by atoms with E-state index in [0.29, 0.717) is 16.0 Å². The Kier molecular flexibility index (Phi) is 3.61. The quantitative estimate of drug-likeness (QED) is 0.759. The van der Waals surface area contributed by atoms with E-state index in [2.05, 4.69) is 11.1 Å². The molecule has 1 aromatic heterocycles. The molecule has 5 heteroatoms. The summed E-state index contributed by atoms with van der Waals surface area (Å²) in [6.45, 7) is 1.99. The van der Waals surface area contributed by atoms with Crippen LogP contribution < -0.4 is 5.56 Å². The fourth-order valence-corrected chi connectivity index (χ4v) is 3.34. The van der Waals surface area contributed by atoms with E-state index in [9.17, 15) is 10.1 Å². The molecule has 1 aromatic carbocycles. The molecule has 3 rings (SSSR count). The van der Waals surface area contributed by atoms with Crippen LogP contribution in [0.15, 0.2) is 58.7 Å². The minimum Gasteiger partial charge on any atom is -0.350 e. The van der Waals surface area contributed by atoms with Gasteiger partial charge >= 0.3 is 0 Å². The second kappa shape index (κ2) is 5.58. The summed E-state index contributed by atoms with van der Waals surface area (Å²) in [6, 6.07) is 9.50. The molecule has 4 nitrogen and oxygen atoms in total. The highest BCUT2D eigenvalue weighted by atomic mass is 32.1. The van der Waals surface area contributed by atoms with Crippen molar-refractivity contribution in [3.05, 3.63) is 69.2 Å². The van der Waals surface area contributed by atoms with Crippen molar-refractivity contribution >= 4 is 27.0 Å². The number of hydrogen-bond acceptors (Lipinski definition) is 5. The number of hydrogen-bond donors (Lipinski definition) is 0. The van der Waals surface area contributed by atoms with Crippen LogP contribution in [0.2, 0.25) is 0 Å². The predicted molar refractivity (Wildman–Crippen MR) is 89.1 cm³/mol. The van der Waals surface area contributed by atoms with Crippen molar-refractivity contribution in [2.75, 3.05) is 7.05 Å². The molecule has 0 fully saturated rings. The highest BCUT2D eigenvalue weighted by molar-refractivity contribution is 7.19. The minimum atomic E-state index is -0.299. The normalized spacial score (nSPS) is 16.4. The molecule has 0 spiro atoms. The summed E-state index contributed by atoms with van der Waals surface area (Å²) in [5.74, 6) is 0. The summed E-state index contributed by atoms with van der Waals surface area (Å²) in [4.78, 5) is 18.1. The van der Waals surface area contributed by atoms with E-state index in [1.165, 1.54) is 11.3 Å². The fourth-order valence-electron chi connectivity index (χ4n) is 2.34. The standard InChI is InChI=1S/C17H13N3OS/c1-11-7-8-14(20(2)10-11)13(9-18)17-19-16(21)12-5-3-4-6-15(12)22-17/h3-8,10H,1-2H3/b14-13+. The maximum absolute atomic E-state index is 12.2. The highest BCUT2D eigenvalue weighted by Crippen LogP contribution is 2.28. The smallest absolute Gasteiger partial charge is 0.279 e. The monoisotopic (exact) mass is 307 g/mol. The summed E-state index contributed by atoms with van der Waals surface area (Å²) in [5.41, 5.74) is 1.96. The number of nitrogens with zero attached hydrogens (tertiary/aromatic N) is 3. The first-order valence-electron chi connectivity index (χ1n) is 6.74. The van der Waals surface area contributed by atoms with Crippen LogP contribution in [-0.4, -0.2) is 16.9 Å². The van der Waals surface area contributed by atoms with E-state index in [1.807, 2.05) is 55.4 Å². The Bertz CT molecular complexity index is 944. The van der Waals surface area contributed by atoms with Crippen LogP contribution in [0.4, 0.5) is 0 Å². The van der Waals surface area contributed by atoms with Crippen molar-refractivity contribution in [1.29, 1.82) is 5.26 Å². The summed E-state index contributed by atoms with van der Waals surface area (Å²) in [7, 11) is 1.88. The number of nitriles is 1. The van der Waals surface area contributed by atoms with E-state index in [4.69, 9.17) is 0 Å². The van der Waals surface area contributed by atoms with Crippen molar-refractivity contribution in [2.45, 2.75) is 6.92 Å². The summed E-state index contributed by atoms with van der Waals surface area (Å²) in [5, 5.41) is 10.6. The van der Waals surface area contributed by atoms with Crippen LogP contribution >= 0.6 is 11.3 Å². The van der Waals surface area contributed by atoms with Crippen LogP contribution in [0.25, 0.3) is 15.7 Å². The second-order valence-corrected chi connectivity index (χ2v) is 6.04. The van der Waals surface area contributed by atoms with Gasteiger partial charge in [0.15, 0.2) is 0 Å². The zero-order valence-corrected chi connectivity index (χ0v) is 13.0. The molecule has 0 unspecified atom stereocenters. The van der Waals surface area contributed by atoms with Gasteiger partial charge < -0.3 is 4.90 Å². The fraction of sp³-hybridized carbons (Fsp3) is 0.118. The first-order chi connectivity index (χ1) is 10.6. The summed E-state index contributed by atoms with van der Waals surface area (Å²) in [6.07, 6.45) is 5.76. The molecule has 0 aliphatic carbocycles. The van der Waals surface area contributed by atoms with Crippen LogP contribution in [-0.2, 0) is 0 Å². The lowest BCUT2D eigenvalue weighted by Crippen LogP contribution is -2.15. The van der Waals surface area contributed by atoms with Crippen LogP contribution in [0, 0.1) is 11.3 Å². The highest BCUT2D eigenvalue weighted by Gasteiger charge is 2.16. The van der Waals surface area contributed by atoms with Crippen molar-refractivity contribution < 1.29 is 0 Å². The average molecular weight is 307 g/mol. The van der Waals surface area contributed by atoms with Gasteiger partial charge in [-0.25, -0.2) is 0 Å². The lowest BCUT2D eigenvalue weighted by atomic mass is 10.1. The Morgan fingerprint density at radius 1 is 1.32 bits per heavy atom. The summed E-state index contributed by atoms with van der Waals surface area (Å²) >= 11 is 1.36. The van der Waals surface area contributed by atoms with Crippen LogP contribution in [0.1, 0.15) is 11.9 Å². The molecule has 0 amide bonds. The zero-order valence-electron chi connectivity index (χ0n) is 12.2. The van der Waals surface area contributed by atoms with Gasteiger partial charge in [-0.3, -0.25) is 4.79 Å². The maximum atomic E-state index is 12.2. The molecular formula is C17H13N3OS. The third-order valence-corrected chi connectivity index (χ3v) is 4.46. The first kappa shape index (κ1) is 14.2. The molecule has 0 radical (unpaired) electrons.